The van der Waals surface area contributed by atoms with Crippen molar-refractivity contribution < 1.29 is 14.3 Å². The maximum atomic E-state index is 12.6. The van der Waals surface area contributed by atoms with Crippen LogP contribution in [0.3, 0.4) is 0 Å². The lowest BCUT2D eigenvalue weighted by Crippen LogP contribution is -2.24. The summed E-state index contributed by atoms with van der Waals surface area (Å²) >= 11 is 0. The van der Waals surface area contributed by atoms with E-state index in [-0.39, 0.29) is 11.6 Å². The van der Waals surface area contributed by atoms with Gasteiger partial charge in [0.05, 0.1) is 25.0 Å². The molecule has 0 fully saturated rings. The molecular weight excluding hydrogens is 356 g/mol. The summed E-state index contributed by atoms with van der Waals surface area (Å²) < 4.78 is 5.27. The first-order valence-electron chi connectivity index (χ1n) is 8.67. The molecule has 28 heavy (non-hydrogen) atoms. The predicted molar refractivity (Wildman–Crippen MR) is 105 cm³/mol. The summed E-state index contributed by atoms with van der Waals surface area (Å²) in [6.45, 7) is 2.21. The zero-order valence-electron chi connectivity index (χ0n) is 15.6. The lowest BCUT2D eigenvalue weighted by molar-refractivity contribution is 0.0950. The molecule has 0 aliphatic heterocycles. The first-order valence-corrected chi connectivity index (χ1v) is 8.67. The van der Waals surface area contributed by atoms with Crippen molar-refractivity contribution in [2.24, 2.45) is 0 Å². The second-order valence-electron chi connectivity index (χ2n) is 6.09. The molecule has 0 unspecified atom stereocenters. The molecule has 142 valence electrons. The molecule has 2 N–H and O–H groups in total. The van der Waals surface area contributed by atoms with E-state index in [0.717, 1.165) is 11.3 Å². The van der Waals surface area contributed by atoms with E-state index in [1.807, 2.05) is 31.2 Å². The van der Waals surface area contributed by atoms with Crippen LogP contribution in [0.4, 0.5) is 5.69 Å². The number of anilines is 1. The summed E-state index contributed by atoms with van der Waals surface area (Å²) in [7, 11) is 1.53. The molecule has 0 saturated carbocycles. The fourth-order valence-electron chi connectivity index (χ4n) is 2.58. The number of amides is 2. The lowest BCUT2D eigenvalue weighted by Gasteiger charge is -2.11. The van der Waals surface area contributed by atoms with Gasteiger partial charge in [-0.2, -0.15) is 0 Å². The fraction of sp³-hybridized carbons (Fsp3) is 0.143. The van der Waals surface area contributed by atoms with Crippen LogP contribution in [0.1, 0.15) is 32.1 Å². The highest BCUT2D eigenvalue weighted by Gasteiger charge is 2.14. The number of ether oxygens (including phenoxy) is 1. The third-order valence-electron chi connectivity index (χ3n) is 4.01. The van der Waals surface area contributed by atoms with Crippen LogP contribution in [0.15, 0.2) is 60.9 Å². The van der Waals surface area contributed by atoms with Crippen LogP contribution in [-0.2, 0) is 6.54 Å². The van der Waals surface area contributed by atoms with E-state index in [1.165, 1.54) is 19.4 Å². The molecule has 7 heteroatoms. The summed E-state index contributed by atoms with van der Waals surface area (Å²) in [5, 5.41) is 5.55. The maximum absolute atomic E-state index is 12.6. The Morgan fingerprint density at radius 3 is 2.61 bits per heavy atom. The van der Waals surface area contributed by atoms with Crippen LogP contribution in [-0.4, -0.2) is 28.9 Å². The van der Waals surface area contributed by atoms with Crippen LogP contribution in [0, 0.1) is 6.92 Å². The van der Waals surface area contributed by atoms with E-state index >= 15 is 0 Å². The molecule has 3 aromatic rings. The number of aryl methyl sites for hydroxylation is 1. The normalized spacial score (nSPS) is 10.2. The van der Waals surface area contributed by atoms with Crippen molar-refractivity contribution in [2.45, 2.75) is 13.5 Å². The molecule has 7 nitrogen and oxygen atoms in total. The summed E-state index contributed by atoms with van der Waals surface area (Å²) in [5.41, 5.74) is 2.74. The molecule has 0 aliphatic carbocycles. The number of nitrogens with one attached hydrogen (secondary N) is 2. The topological polar surface area (TPSA) is 93.2 Å². The second kappa shape index (κ2) is 8.77. The zero-order valence-corrected chi connectivity index (χ0v) is 15.6. The van der Waals surface area contributed by atoms with Gasteiger partial charge in [0, 0.05) is 18.0 Å². The Kier molecular flexibility index (Phi) is 5.96. The van der Waals surface area contributed by atoms with Crippen LogP contribution in [0.2, 0.25) is 0 Å². The first kappa shape index (κ1) is 19.0. The van der Waals surface area contributed by atoms with Gasteiger partial charge in [0.2, 0.25) is 0 Å². The molecule has 0 spiro atoms. The Morgan fingerprint density at radius 1 is 1.00 bits per heavy atom. The van der Waals surface area contributed by atoms with Gasteiger partial charge in [-0.15, -0.1) is 0 Å². The van der Waals surface area contributed by atoms with Crippen molar-refractivity contribution in [2.75, 3.05) is 12.4 Å². The quantitative estimate of drug-likeness (QED) is 0.690. The average Bonchev–Trinajstić information content (AvgIpc) is 2.73. The molecule has 3 rings (SSSR count). The number of methoxy groups -OCH3 is 1. The Bertz CT molecular complexity index is 990. The number of pyridine rings is 2. The number of nitrogens with zero attached hydrogens (tertiary/aromatic N) is 2. The molecule has 2 heterocycles. The highest BCUT2D eigenvalue weighted by molar-refractivity contribution is 6.05. The van der Waals surface area contributed by atoms with E-state index in [9.17, 15) is 9.59 Å². The van der Waals surface area contributed by atoms with Crippen molar-refractivity contribution in [1.29, 1.82) is 0 Å². The molecule has 1 aromatic carbocycles. The number of hydrogen-bond donors (Lipinski definition) is 2. The SMILES string of the molecule is COc1ccc(C)cc1NC(=O)c1cc(C(=O)NCc2ccccn2)ccn1. The smallest absolute Gasteiger partial charge is 0.274 e. The van der Waals surface area contributed by atoms with E-state index in [2.05, 4.69) is 20.6 Å². The third kappa shape index (κ3) is 4.70. The Morgan fingerprint density at radius 2 is 1.86 bits per heavy atom. The Balaban J connectivity index is 1.71. The Labute approximate surface area is 162 Å². The summed E-state index contributed by atoms with van der Waals surface area (Å²) in [6.07, 6.45) is 3.09. The molecule has 0 bridgehead atoms. The second-order valence-corrected chi connectivity index (χ2v) is 6.09. The summed E-state index contributed by atoms with van der Waals surface area (Å²) in [4.78, 5) is 33.2. The molecule has 0 atom stereocenters. The van der Waals surface area contributed by atoms with E-state index < -0.39 is 5.91 Å². The number of rotatable bonds is 6. The van der Waals surface area contributed by atoms with Gasteiger partial charge in [0.25, 0.3) is 11.8 Å². The minimum absolute atomic E-state index is 0.133. The number of hydrogen-bond acceptors (Lipinski definition) is 5. The maximum Gasteiger partial charge on any atom is 0.274 e. The van der Waals surface area contributed by atoms with Crippen LogP contribution >= 0.6 is 0 Å². The highest BCUT2D eigenvalue weighted by atomic mass is 16.5. The molecule has 2 amide bonds. The van der Waals surface area contributed by atoms with E-state index in [1.54, 1.807) is 24.4 Å². The van der Waals surface area contributed by atoms with Crippen molar-refractivity contribution in [3.63, 3.8) is 0 Å². The minimum Gasteiger partial charge on any atom is -0.495 e. The van der Waals surface area contributed by atoms with E-state index in [0.29, 0.717) is 23.5 Å². The van der Waals surface area contributed by atoms with Gasteiger partial charge in [-0.3, -0.25) is 19.6 Å². The van der Waals surface area contributed by atoms with Gasteiger partial charge in [-0.05, 0) is 48.9 Å². The predicted octanol–water partition coefficient (Wildman–Crippen LogP) is 2.98. The molecule has 0 radical (unpaired) electrons. The lowest BCUT2D eigenvalue weighted by atomic mass is 10.2. The zero-order chi connectivity index (χ0) is 19.9. The van der Waals surface area contributed by atoms with Gasteiger partial charge >= 0.3 is 0 Å². The number of aromatic nitrogens is 2. The van der Waals surface area contributed by atoms with Crippen LogP contribution < -0.4 is 15.4 Å². The summed E-state index contributed by atoms with van der Waals surface area (Å²) in [5.74, 6) is -0.193. The fourth-order valence-corrected chi connectivity index (χ4v) is 2.58. The molecule has 2 aromatic heterocycles. The average molecular weight is 376 g/mol. The largest absolute Gasteiger partial charge is 0.495 e. The highest BCUT2D eigenvalue weighted by Crippen LogP contribution is 2.25. The van der Waals surface area contributed by atoms with Crippen molar-refractivity contribution >= 4 is 17.5 Å². The third-order valence-corrected chi connectivity index (χ3v) is 4.01. The van der Waals surface area contributed by atoms with Crippen LogP contribution in [0.5, 0.6) is 5.75 Å². The standard InChI is InChI=1S/C21H20N4O3/c1-14-6-7-19(28-2)17(11-14)25-21(27)18-12-15(8-10-23-18)20(26)24-13-16-5-3-4-9-22-16/h3-12H,13H2,1-2H3,(H,24,26)(H,25,27). The van der Waals surface area contributed by atoms with Crippen molar-refractivity contribution in [3.05, 3.63) is 83.4 Å². The number of benzene rings is 1. The van der Waals surface area contributed by atoms with Crippen molar-refractivity contribution in [3.8, 4) is 5.75 Å². The molecular formula is C21H20N4O3. The monoisotopic (exact) mass is 376 g/mol. The number of carbonyl (C=O) groups excluding carboxylic acids is 2. The molecule has 0 saturated heterocycles. The number of carbonyl (C=O) groups is 2. The van der Waals surface area contributed by atoms with Crippen molar-refractivity contribution in [1.82, 2.24) is 15.3 Å². The molecule has 0 aliphatic rings. The minimum atomic E-state index is -0.428. The Hall–Kier alpha value is -3.74. The summed E-state index contributed by atoms with van der Waals surface area (Å²) in [6, 6.07) is 14.0. The van der Waals surface area contributed by atoms with Gasteiger partial charge in [-0.1, -0.05) is 12.1 Å². The van der Waals surface area contributed by atoms with Gasteiger partial charge in [0.15, 0.2) is 0 Å². The van der Waals surface area contributed by atoms with Gasteiger partial charge in [-0.25, -0.2) is 0 Å². The first-order chi connectivity index (χ1) is 13.6. The van der Waals surface area contributed by atoms with Gasteiger partial charge in [0.1, 0.15) is 11.4 Å². The van der Waals surface area contributed by atoms with E-state index in [4.69, 9.17) is 4.74 Å². The van der Waals surface area contributed by atoms with Gasteiger partial charge < -0.3 is 15.4 Å². The van der Waals surface area contributed by atoms with Crippen LogP contribution in [0.25, 0.3) is 0 Å².